The largest absolute Gasteiger partial charge is 0.385 e. The highest BCUT2D eigenvalue weighted by Crippen LogP contribution is 2.48. The average Bonchev–Trinajstić information content (AvgIpc) is 3.23. The molecule has 0 spiro atoms. The van der Waals surface area contributed by atoms with E-state index in [4.69, 9.17) is 0 Å². The summed E-state index contributed by atoms with van der Waals surface area (Å²) in [5, 5.41) is 11.3. The van der Waals surface area contributed by atoms with Crippen molar-refractivity contribution in [1.82, 2.24) is 9.80 Å². The normalized spacial score (nSPS) is 21.1. The summed E-state index contributed by atoms with van der Waals surface area (Å²) in [6.45, 7) is 7.66. The number of rotatable bonds is 7. The monoisotopic (exact) mass is 518 g/mol. The summed E-state index contributed by atoms with van der Waals surface area (Å²) >= 11 is 0. The number of aliphatic hydroxyl groups is 1. The van der Waals surface area contributed by atoms with E-state index >= 15 is 0 Å². The summed E-state index contributed by atoms with van der Waals surface area (Å²) in [4.78, 5) is 18.8. The van der Waals surface area contributed by atoms with Crippen molar-refractivity contribution >= 4 is 18.3 Å². The molecule has 1 amide bonds. The Morgan fingerprint density at radius 2 is 1.27 bits per heavy atom. The number of likely N-dealkylation sites (tertiary alicyclic amines) is 2. The van der Waals surface area contributed by atoms with E-state index < -0.39 is 11.0 Å². The van der Waals surface area contributed by atoms with Crippen LogP contribution in [-0.4, -0.2) is 53.0 Å². The van der Waals surface area contributed by atoms with Gasteiger partial charge in [-0.25, -0.2) is 0 Å². The molecule has 1 atom stereocenters. The predicted molar refractivity (Wildman–Crippen MR) is 152 cm³/mol. The summed E-state index contributed by atoms with van der Waals surface area (Å²) in [7, 11) is 0. The molecule has 4 nitrogen and oxygen atoms in total. The Bertz CT molecular complexity index is 1110. The van der Waals surface area contributed by atoms with Crippen LogP contribution in [0.25, 0.3) is 0 Å². The van der Waals surface area contributed by atoms with E-state index in [0.717, 1.165) is 62.1 Å². The Morgan fingerprint density at radius 1 is 0.811 bits per heavy atom. The first-order valence-corrected chi connectivity index (χ1v) is 13.4. The Balaban J connectivity index is 0.00000320. The molecule has 2 aliphatic rings. The molecule has 0 radical (unpaired) electrons. The summed E-state index contributed by atoms with van der Waals surface area (Å²) in [6.07, 6.45) is 2.41. The van der Waals surface area contributed by atoms with Crippen molar-refractivity contribution in [2.24, 2.45) is 5.92 Å². The lowest BCUT2D eigenvalue weighted by Gasteiger charge is -2.40. The van der Waals surface area contributed by atoms with Gasteiger partial charge in [0, 0.05) is 31.6 Å². The van der Waals surface area contributed by atoms with Crippen molar-refractivity contribution in [2.45, 2.75) is 50.2 Å². The molecule has 2 fully saturated rings. The Labute approximate surface area is 227 Å². The van der Waals surface area contributed by atoms with Gasteiger partial charge in [0.2, 0.25) is 5.91 Å². The number of amides is 1. The summed E-state index contributed by atoms with van der Waals surface area (Å²) < 4.78 is 0. The quantitative estimate of drug-likeness (QED) is 0.440. The number of piperidine rings is 1. The van der Waals surface area contributed by atoms with Crippen molar-refractivity contribution < 1.29 is 9.90 Å². The molecule has 5 rings (SSSR count). The maximum Gasteiger partial charge on any atom is 0.238 e. The number of carbonyl (C=O) groups is 1. The summed E-state index contributed by atoms with van der Waals surface area (Å²) in [5.41, 5.74) is 1.78. The van der Waals surface area contributed by atoms with Crippen LogP contribution in [0, 0.1) is 5.92 Å². The van der Waals surface area contributed by atoms with Gasteiger partial charge in [-0.3, -0.25) is 4.79 Å². The van der Waals surface area contributed by atoms with Crippen LogP contribution in [0.1, 0.15) is 49.8 Å². The van der Waals surface area contributed by atoms with Crippen LogP contribution in [-0.2, 0) is 15.8 Å². The smallest absolute Gasteiger partial charge is 0.238 e. The average molecular weight is 519 g/mol. The summed E-state index contributed by atoms with van der Waals surface area (Å²) in [6, 6.07) is 31.0. The third kappa shape index (κ3) is 5.07. The zero-order valence-corrected chi connectivity index (χ0v) is 22.7. The van der Waals surface area contributed by atoms with Gasteiger partial charge in [-0.15, -0.1) is 12.4 Å². The summed E-state index contributed by atoms with van der Waals surface area (Å²) in [5.74, 6) is 0.393. The molecule has 196 valence electrons. The van der Waals surface area contributed by atoms with Crippen LogP contribution in [0.4, 0.5) is 0 Å². The number of benzene rings is 3. The number of halogens is 1. The molecule has 2 saturated heterocycles. The molecule has 37 heavy (non-hydrogen) atoms. The Morgan fingerprint density at radius 3 is 1.73 bits per heavy atom. The lowest BCUT2D eigenvalue weighted by molar-refractivity contribution is -0.132. The molecule has 0 saturated carbocycles. The molecule has 0 bridgehead atoms. The van der Waals surface area contributed by atoms with Gasteiger partial charge < -0.3 is 14.9 Å². The molecule has 3 aromatic carbocycles. The fourth-order valence-corrected chi connectivity index (χ4v) is 6.42. The van der Waals surface area contributed by atoms with Crippen LogP contribution in [0.15, 0.2) is 91.0 Å². The van der Waals surface area contributed by atoms with Gasteiger partial charge in [0.05, 0.1) is 5.60 Å². The fourth-order valence-electron chi connectivity index (χ4n) is 6.42. The van der Waals surface area contributed by atoms with Gasteiger partial charge in [0.15, 0.2) is 0 Å². The minimum absolute atomic E-state index is 0. The molecule has 5 heteroatoms. The van der Waals surface area contributed by atoms with Crippen LogP contribution in [0.3, 0.4) is 0 Å². The number of hydrogen-bond acceptors (Lipinski definition) is 3. The minimum atomic E-state index is -0.743. The zero-order valence-electron chi connectivity index (χ0n) is 21.9. The van der Waals surface area contributed by atoms with Crippen LogP contribution < -0.4 is 0 Å². The van der Waals surface area contributed by atoms with E-state index in [-0.39, 0.29) is 30.3 Å². The van der Waals surface area contributed by atoms with Crippen molar-refractivity contribution in [3.63, 3.8) is 0 Å². The third-order valence-corrected chi connectivity index (χ3v) is 8.50. The van der Waals surface area contributed by atoms with Crippen molar-refractivity contribution in [3.05, 3.63) is 108 Å². The molecule has 1 unspecified atom stereocenters. The maximum atomic E-state index is 14.3. The van der Waals surface area contributed by atoms with Gasteiger partial charge in [-0.2, -0.15) is 0 Å². The van der Waals surface area contributed by atoms with E-state index in [0.29, 0.717) is 0 Å². The van der Waals surface area contributed by atoms with Crippen molar-refractivity contribution in [3.8, 4) is 0 Å². The first kappa shape index (κ1) is 27.4. The van der Waals surface area contributed by atoms with Gasteiger partial charge in [0.1, 0.15) is 5.41 Å². The van der Waals surface area contributed by atoms with Crippen LogP contribution >= 0.6 is 12.4 Å². The molecule has 2 aliphatic heterocycles. The zero-order chi connectivity index (χ0) is 25.2. The molecule has 0 aliphatic carbocycles. The second-order valence-electron chi connectivity index (χ2n) is 10.8. The first-order chi connectivity index (χ1) is 17.4. The van der Waals surface area contributed by atoms with E-state index in [1.807, 2.05) is 42.5 Å². The molecule has 0 aromatic heterocycles. The highest BCUT2D eigenvalue weighted by Gasteiger charge is 2.56. The first-order valence-electron chi connectivity index (χ1n) is 13.4. The molecule has 3 aromatic rings. The van der Waals surface area contributed by atoms with Gasteiger partial charge in [-0.05, 0) is 56.3 Å². The lowest BCUT2D eigenvalue weighted by atomic mass is 9.66. The maximum absolute atomic E-state index is 14.3. The number of nitrogens with zero attached hydrogens (tertiary/aromatic N) is 2. The SMILES string of the molecule is CC(C)N1CC(CCN2CCC(O)(c3ccccc3)CC2)C(c2ccccc2)(c2ccccc2)C1=O.Cl. The molecular weight excluding hydrogens is 480 g/mol. The topological polar surface area (TPSA) is 43.8 Å². The molecular formula is C32H39ClN2O2. The Kier molecular flexibility index (Phi) is 8.42. The number of carbonyl (C=O) groups excluding carboxylic acids is 1. The standard InChI is InChI=1S/C32H38N2O2.ClH/c1-25(2)34-24-29(18-21-33-22-19-31(36,20-23-33)26-12-6-3-7-13-26)32(30(34)35,27-14-8-4-9-15-27)28-16-10-5-11-17-28;/h3-17,25,29,36H,18-24H2,1-2H3;1H. The minimum Gasteiger partial charge on any atom is -0.385 e. The molecule has 2 heterocycles. The number of hydrogen-bond donors (Lipinski definition) is 1. The van der Waals surface area contributed by atoms with Crippen LogP contribution in [0.5, 0.6) is 0 Å². The highest BCUT2D eigenvalue weighted by atomic mass is 35.5. The second kappa shape index (κ2) is 11.4. The van der Waals surface area contributed by atoms with Crippen molar-refractivity contribution in [2.75, 3.05) is 26.2 Å². The highest BCUT2D eigenvalue weighted by molar-refractivity contribution is 5.95. The lowest BCUT2D eigenvalue weighted by Crippen LogP contribution is -2.45. The van der Waals surface area contributed by atoms with Gasteiger partial charge in [0.25, 0.3) is 0 Å². The van der Waals surface area contributed by atoms with Gasteiger partial charge in [-0.1, -0.05) is 91.0 Å². The van der Waals surface area contributed by atoms with E-state index in [1.165, 1.54) is 0 Å². The third-order valence-electron chi connectivity index (χ3n) is 8.50. The second-order valence-corrected chi connectivity index (χ2v) is 10.8. The van der Waals surface area contributed by atoms with E-state index in [1.54, 1.807) is 0 Å². The molecule has 1 N–H and O–H groups in total. The van der Waals surface area contributed by atoms with Crippen molar-refractivity contribution in [1.29, 1.82) is 0 Å². The van der Waals surface area contributed by atoms with E-state index in [9.17, 15) is 9.90 Å². The Hall–Kier alpha value is -2.66. The van der Waals surface area contributed by atoms with Crippen LogP contribution in [0.2, 0.25) is 0 Å². The fraction of sp³-hybridized carbons (Fsp3) is 0.406. The predicted octanol–water partition coefficient (Wildman–Crippen LogP) is 5.64. The van der Waals surface area contributed by atoms with E-state index in [2.05, 4.69) is 72.2 Å². The van der Waals surface area contributed by atoms with Gasteiger partial charge >= 0.3 is 0 Å².